The smallest absolute Gasteiger partial charge is 0.321 e. The number of benzene rings is 1. The molecule has 0 radical (unpaired) electrons. The molecule has 1 aromatic heterocycles. The second-order valence-corrected chi connectivity index (χ2v) is 7.98. The second-order valence-electron chi connectivity index (χ2n) is 7.03. The van der Waals surface area contributed by atoms with Crippen molar-refractivity contribution >= 4 is 23.1 Å². The van der Waals surface area contributed by atoms with Crippen LogP contribution in [0, 0.1) is 0 Å². The summed E-state index contributed by atoms with van der Waals surface area (Å²) < 4.78 is 0. The molecule has 0 spiro atoms. The number of carbonyl (C=O) groups excluding carboxylic acids is 1. The van der Waals surface area contributed by atoms with Crippen molar-refractivity contribution < 1.29 is 9.90 Å². The molecule has 1 fully saturated rings. The first-order valence-corrected chi connectivity index (χ1v) is 9.44. The van der Waals surface area contributed by atoms with Crippen molar-refractivity contribution in [2.24, 2.45) is 0 Å². The van der Waals surface area contributed by atoms with E-state index in [1.165, 1.54) is 0 Å². The van der Waals surface area contributed by atoms with E-state index >= 15 is 0 Å². The van der Waals surface area contributed by atoms with E-state index in [9.17, 15) is 9.90 Å². The van der Waals surface area contributed by atoms with E-state index in [1.807, 2.05) is 54.5 Å². The van der Waals surface area contributed by atoms with Crippen molar-refractivity contribution in [3.8, 4) is 10.4 Å². The van der Waals surface area contributed by atoms with Gasteiger partial charge in [0.25, 0.3) is 0 Å². The molecule has 5 nitrogen and oxygen atoms in total. The van der Waals surface area contributed by atoms with Crippen LogP contribution in [0.2, 0.25) is 0 Å². The van der Waals surface area contributed by atoms with Crippen molar-refractivity contribution in [3.05, 3.63) is 41.8 Å². The minimum atomic E-state index is -0.704. The number of hydrogen-bond acceptors (Lipinski definition) is 4. The molecule has 1 aromatic carbocycles. The largest absolute Gasteiger partial charge is 0.389 e. The van der Waals surface area contributed by atoms with Crippen LogP contribution in [-0.2, 0) is 0 Å². The first kappa shape index (κ1) is 17.9. The maximum atomic E-state index is 12.6. The van der Waals surface area contributed by atoms with E-state index in [4.69, 9.17) is 0 Å². The highest BCUT2D eigenvalue weighted by atomic mass is 32.1. The minimum absolute atomic E-state index is 0.0630. The van der Waals surface area contributed by atoms with Gasteiger partial charge in [-0.15, -0.1) is 11.3 Å². The zero-order chi connectivity index (χ0) is 17.9. The topological polar surface area (TPSA) is 55.8 Å². The lowest BCUT2D eigenvalue weighted by molar-refractivity contribution is 0.0231. The lowest BCUT2D eigenvalue weighted by atomic mass is 10.1. The van der Waals surface area contributed by atoms with Crippen LogP contribution in [0.4, 0.5) is 10.5 Å². The molecule has 2 heterocycles. The predicted molar refractivity (Wildman–Crippen MR) is 103 cm³/mol. The van der Waals surface area contributed by atoms with Crippen LogP contribution in [0.3, 0.4) is 0 Å². The summed E-state index contributed by atoms with van der Waals surface area (Å²) in [6.45, 7) is 7.16. The minimum Gasteiger partial charge on any atom is -0.389 e. The van der Waals surface area contributed by atoms with Gasteiger partial charge in [-0.05, 0) is 31.4 Å². The van der Waals surface area contributed by atoms with Gasteiger partial charge >= 0.3 is 6.03 Å². The van der Waals surface area contributed by atoms with Gasteiger partial charge < -0.3 is 15.3 Å². The van der Waals surface area contributed by atoms with Crippen LogP contribution < -0.4 is 5.32 Å². The van der Waals surface area contributed by atoms with Crippen molar-refractivity contribution in [1.29, 1.82) is 0 Å². The quantitative estimate of drug-likeness (QED) is 0.880. The van der Waals surface area contributed by atoms with Crippen LogP contribution in [0.1, 0.15) is 13.8 Å². The predicted octanol–water partition coefficient (Wildman–Crippen LogP) is 3.34. The summed E-state index contributed by atoms with van der Waals surface area (Å²) in [6, 6.07) is 11.9. The number of piperazine rings is 1. The second kappa shape index (κ2) is 7.56. The van der Waals surface area contributed by atoms with Crippen LogP contribution in [0.25, 0.3) is 10.4 Å². The zero-order valence-electron chi connectivity index (χ0n) is 14.7. The van der Waals surface area contributed by atoms with Gasteiger partial charge in [-0.3, -0.25) is 4.90 Å². The number of nitrogens with zero attached hydrogens (tertiary/aromatic N) is 2. The molecule has 134 valence electrons. The van der Waals surface area contributed by atoms with Crippen LogP contribution in [-0.4, -0.2) is 59.3 Å². The van der Waals surface area contributed by atoms with Gasteiger partial charge in [0, 0.05) is 43.2 Å². The molecule has 2 N–H and O–H groups in total. The van der Waals surface area contributed by atoms with Gasteiger partial charge in [-0.1, -0.05) is 24.3 Å². The Morgan fingerprint density at radius 1 is 1.16 bits per heavy atom. The lowest BCUT2D eigenvalue weighted by Gasteiger charge is -2.37. The van der Waals surface area contributed by atoms with Crippen LogP contribution >= 0.6 is 11.3 Å². The van der Waals surface area contributed by atoms with E-state index in [0.29, 0.717) is 19.6 Å². The number of hydrogen-bond donors (Lipinski definition) is 2. The highest BCUT2D eigenvalue weighted by Gasteiger charge is 2.25. The first-order valence-electron chi connectivity index (χ1n) is 8.56. The molecule has 0 aliphatic carbocycles. The third-order valence-electron chi connectivity index (χ3n) is 4.23. The maximum absolute atomic E-state index is 12.6. The van der Waals surface area contributed by atoms with Gasteiger partial charge in [0.15, 0.2) is 0 Å². The van der Waals surface area contributed by atoms with Gasteiger partial charge in [0.05, 0.1) is 11.3 Å². The Balaban J connectivity index is 1.61. The van der Waals surface area contributed by atoms with Crippen molar-refractivity contribution in [2.45, 2.75) is 19.4 Å². The third-order valence-corrected chi connectivity index (χ3v) is 5.13. The highest BCUT2D eigenvalue weighted by Crippen LogP contribution is 2.31. The summed E-state index contributed by atoms with van der Waals surface area (Å²) >= 11 is 1.66. The highest BCUT2D eigenvalue weighted by molar-refractivity contribution is 7.13. The summed E-state index contributed by atoms with van der Waals surface area (Å²) in [5.41, 5.74) is 1.18. The molecule has 0 unspecified atom stereocenters. The Hall–Kier alpha value is -1.89. The Bertz CT molecular complexity index is 702. The Kier molecular flexibility index (Phi) is 5.42. The summed E-state index contributed by atoms with van der Waals surface area (Å²) in [5, 5.41) is 15.0. The number of β-amino-alcohol motifs (C(OH)–C–C–N with tert-alkyl or cyclic N) is 1. The van der Waals surface area contributed by atoms with E-state index in [-0.39, 0.29) is 6.03 Å². The normalized spacial score (nSPS) is 16.0. The monoisotopic (exact) mass is 359 g/mol. The molecule has 1 saturated heterocycles. The number of anilines is 1. The molecule has 0 saturated carbocycles. The first-order chi connectivity index (χ1) is 11.9. The third kappa shape index (κ3) is 4.81. The van der Waals surface area contributed by atoms with Gasteiger partial charge in [-0.25, -0.2) is 4.79 Å². The molecule has 0 bridgehead atoms. The molecular weight excluding hydrogens is 334 g/mol. The SMILES string of the molecule is CC(C)(O)CN1CCN(C(=O)Nc2ccccc2-c2cccs2)CC1. The van der Waals surface area contributed by atoms with Crippen molar-refractivity contribution in [3.63, 3.8) is 0 Å². The van der Waals surface area contributed by atoms with E-state index in [0.717, 1.165) is 29.2 Å². The fraction of sp³-hybridized carbons (Fsp3) is 0.421. The number of thiophene rings is 1. The van der Waals surface area contributed by atoms with Crippen LogP contribution in [0.15, 0.2) is 41.8 Å². The summed E-state index contributed by atoms with van der Waals surface area (Å²) in [6.07, 6.45) is 0. The maximum Gasteiger partial charge on any atom is 0.321 e. The number of nitrogens with one attached hydrogen (secondary N) is 1. The zero-order valence-corrected chi connectivity index (χ0v) is 15.6. The summed E-state index contributed by atoms with van der Waals surface area (Å²) in [4.78, 5) is 17.8. The summed E-state index contributed by atoms with van der Waals surface area (Å²) in [5.74, 6) is 0. The van der Waals surface area contributed by atoms with Crippen molar-refractivity contribution in [1.82, 2.24) is 9.80 Å². The fourth-order valence-electron chi connectivity index (χ4n) is 3.09. The Labute approximate surface area is 152 Å². The lowest BCUT2D eigenvalue weighted by Crippen LogP contribution is -2.52. The van der Waals surface area contributed by atoms with Gasteiger partial charge in [0.1, 0.15) is 0 Å². The fourth-order valence-corrected chi connectivity index (χ4v) is 3.86. The number of para-hydroxylation sites is 1. The Morgan fingerprint density at radius 2 is 1.88 bits per heavy atom. The Morgan fingerprint density at radius 3 is 2.52 bits per heavy atom. The standard InChI is InChI=1S/C19H25N3O2S/c1-19(2,24)14-21-9-11-22(12-10-21)18(23)20-16-7-4-3-6-15(16)17-8-5-13-25-17/h3-8,13,24H,9-12,14H2,1-2H3,(H,20,23). The number of rotatable bonds is 4. The van der Waals surface area contributed by atoms with E-state index in [1.54, 1.807) is 11.3 Å². The van der Waals surface area contributed by atoms with Gasteiger partial charge in [-0.2, -0.15) is 0 Å². The van der Waals surface area contributed by atoms with Crippen molar-refractivity contribution in [2.75, 3.05) is 38.0 Å². The molecule has 3 rings (SSSR count). The molecule has 0 atom stereocenters. The number of carbonyl (C=O) groups is 1. The molecule has 2 aromatic rings. The molecule has 25 heavy (non-hydrogen) atoms. The molecule has 6 heteroatoms. The summed E-state index contributed by atoms with van der Waals surface area (Å²) in [7, 11) is 0. The molecule has 1 aliphatic heterocycles. The molecular formula is C19H25N3O2S. The number of urea groups is 1. The number of amides is 2. The molecule has 1 aliphatic rings. The number of aliphatic hydroxyl groups is 1. The molecule has 2 amide bonds. The van der Waals surface area contributed by atoms with E-state index in [2.05, 4.69) is 16.3 Å². The van der Waals surface area contributed by atoms with Gasteiger partial charge in [0.2, 0.25) is 0 Å². The van der Waals surface area contributed by atoms with Crippen LogP contribution in [0.5, 0.6) is 0 Å². The average molecular weight is 359 g/mol. The average Bonchev–Trinajstić information content (AvgIpc) is 3.09. The van der Waals surface area contributed by atoms with E-state index < -0.39 is 5.60 Å².